The van der Waals surface area contributed by atoms with Gasteiger partial charge < -0.3 is 0 Å². The molecule has 0 saturated carbocycles. The predicted molar refractivity (Wildman–Crippen MR) is 144 cm³/mol. The average molecular weight is 483 g/mol. The summed E-state index contributed by atoms with van der Waals surface area (Å²) in [5.41, 5.74) is 3.69. The highest BCUT2D eigenvalue weighted by molar-refractivity contribution is 8.76. The van der Waals surface area contributed by atoms with Crippen LogP contribution in [0.15, 0.2) is 121 Å². The number of hydrogen-bond acceptors (Lipinski definition) is 4. The van der Waals surface area contributed by atoms with Gasteiger partial charge in [-0.05, 0) is 11.1 Å². The van der Waals surface area contributed by atoms with Crippen molar-refractivity contribution in [1.29, 1.82) is 0 Å². The van der Waals surface area contributed by atoms with Crippen LogP contribution in [0.4, 0.5) is 0 Å². The second-order valence-electron chi connectivity index (χ2n) is 7.98. The van der Waals surface area contributed by atoms with Gasteiger partial charge >= 0.3 is 0 Å². The monoisotopic (exact) mass is 482 g/mol. The quantitative estimate of drug-likeness (QED) is 0.159. The van der Waals surface area contributed by atoms with E-state index < -0.39 is 0 Å². The van der Waals surface area contributed by atoms with E-state index in [0.29, 0.717) is 12.8 Å². The lowest BCUT2D eigenvalue weighted by Gasteiger charge is -2.21. The van der Waals surface area contributed by atoms with Crippen LogP contribution in [0.5, 0.6) is 0 Å². The van der Waals surface area contributed by atoms with E-state index >= 15 is 0 Å². The molecule has 0 aromatic heterocycles. The zero-order valence-electron chi connectivity index (χ0n) is 18.7. The highest BCUT2D eigenvalue weighted by atomic mass is 33.1. The third-order valence-electron chi connectivity index (χ3n) is 5.56. The Morgan fingerprint density at radius 3 is 1.09 bits per heavy atom. The molecule has 0 aliphatic heterocycles. The summed E-state index contributed by atoms with van der Waals surface area (Å²) < 4.78 is 0. The summed E-state index contributed by atoms with van der Waals surface area (Å²) in [5.74, 6) is 0.248. The molecule has 2 nitrogen and oxygen atoms in total. The van der Waals surface area contributed by atoms with Crippen LogP contribution in [0, 0.1) is 0 Å². The predicted octanol–water partition coefficient (Wildman–Crippen LogP) is 8.40. The summed E-state index contributed by atoms with van der Waals surface area (Å²) in [6, 6.07) is 39.2. The lowest BCUT2D eigenvalue weighted by atomic mass is 10.0. The Morgan fingerprint density at radius 1 is 0.471 bits per heavy atom. The molecule has 34 heavy (non-hydrogen) atoms. The number of hydrogen-bond donors (Lipinski definition) is 0. The average Bonchev–Trinajstić information content (AvgIpc) is 2.92. The van der Waals surface area contributed by atoms with Gasteiger partial charge in [-0.15, -0.1) is 0 Å². The number of rotatable bonds is 11. The molecule has 4 rings (SSSR count). The number of carbonyl (C=O) groups excluding carboxylic acids is 2. The molecule has 0 aliphatic rings. The molecule has 0 heterocycles. The van der Waals surface area contributed by atoms with Crippen LogP contribution < -0.4 is 0 Å². The SMILES string of the molecule is O=C(CC(SSC(CC(=O)c1ccccc1)c1ccccc1)c1ccccc1)c1ccccc1. The zero-order chi connectivity index (χ0) is 23.6. The van der Waals surface area contributed by atoms with Crippen molar-refractivity contribution in [2.75, 3.05) is 0 Å². The molecular formula is C30H26O2S2. The second-order valence-corrected chi connectivity index (χ2v) is 10.7. The first kappa shape index (κ1) is 24.1. The summed E-state index contributed by atoms with van der Waals surface area (Å²) in [5, 5.41) is -0.0334. The second kappa shape index (κ2) is 12.4. The van der Waals surface area contributed by atoms with Crippen molar-refractivity contribution in [3.63, 3.8) is 0 Å². The summed E-state index contributed by atoms with van der Waals surface area (Å²) in [4.78, 5) is 26.1. The van der Waals surface area contributed by atoms with Gasteiger partial charge in [0.15, 0.2) is 11.6 Å². The molecule has 0 N–H and O–H groups in total. The molecule has 4 aromatic rings. The van der Waals surface area contributed by atoms with E-state index in [1.807, 2.05) is 97.1 Å². The fourth-order valence-corrected chi connectivity index (χ4v) is 6.83. The first-order chi connectivity index (χ1) is 16.7. The molecule has 0 spiro atoms. The molecule has 2 atom stereocenters. The topological polar surface area (TPSA) is 34.1 Å². The van der Waals surface area contributed by atoms with E-state index in [0.717, 1.165) is 22.3 Å². The molecule has 170 valence electrons. The van der Waals surface area contributed by atoms with Crippen molar-refractivity contribution in [2.45, 2.75) is 23.3 Å². The summed E-state index contributed by atoms with van der Waals surface area (Å²) in [7, 11) is 3.36. The number of benzene rings is 4. The zero-order valence-corrected chi connectivity index (χ0v) is 20.4. The van der Waals surface area contributed by atoms with Gasteiger partial charge in [-0.3, -0.25) is 9.59 Å². The maximum Gasteiger partial charge on any atom is 0.164 e. The van der Waals surface area contributed by atoms with Gasteiger partial charge in [-0.1, -0.05) is 143 Å². The fraction of sp³-hybridized carbons (Fsp3) is 0.133. The fourth-order valence-electron chi connectivity index (χ4n) is 3.70. The number of ketones is 2. The van der Waals surface area contributed by atoms with Crippen LogP contribution in [0.25, 0.3) is 0 Å². The van der Waals surface area contributed by atoms with Gasteiger partial charge in [-0.2, -0.15) is 0 Å². The maximum atomic E-state index is 13.0. The van der Waals surface area contributed by atoms with Crippen molar-refractivity contribution in [2.24, 2.45) is 0 Å². The summed E-state index contributed by atoms with van der Waals surface area (Å²) in [6.07, 6.45) is 0.805. The van der Waals surface area contributed by atoms with Crippen LogP contribution in [0.1, 0.15) is 55.2 Å². The first-order valence-electron chi connectivity index (χ1n) is 11.3. The molecule has 4 heteroatoms. The molecule has 0 saturated heterocycles. The highest BCUT2D eigenvalue weighted by Gasteiger charge is 2.23. The highest BCUT2D eigenvalue weighted by Crippen LogP contribution is 2.49. The minimum absolute atomic E-state index is 0.0167. The third kappa shape index (κ3) is 6.72. The lowest BCUT2D eigenvalue weighted by molar-refractivity contribution is 0.0973. The Hall–Kier alpha value is -3.08. The number of Topliss-reactive ketones (excluding diaryl/α,β-unsaturated/α-hetero) is 2. The van der Waals surface area contributed by atoms with Crippen LogP contribution in [0.3, 0.4) is 0 Å². The molecular weight excluding hydrogens is 456 g/mol. The van der Waals surface area contributed by atoms with Crippen LogP contribution in [-0.4, -0.2) is 11.6 Å². The number of carbonyl (C=O) groups is 2. The Balaban J connectivity index is 1.53. The van der Waals surface area contributed by atoms with E-state index in [2.05, 4.69) is 24.3 Å². The van der Waals surface area contributed by atoms with Gasteiger partial charge in [0, 0.05) is 34.5 Å². The standard InChI is InChI=1S/C30H26O2S2/c31-27(23-13-5-1-6-14-23)21-29(25-17-9-3-10-18-25)33-34-30(26-19-11-4-12-20-26)22-28(32)24-15-7-2-8-16-24/h1-20,29-30H,21-22H2. The maximum absolute atomic E-state index is 13.0. The minimum Gasteiger partial charge on any atom is -0.294 e. The van der Waals surface area contributed by atoms with Crippen LogP contribution >= 0.6 is 21.6 Å². The first-order valence-corrected chi connectivity index (χ1v) is 13.6. The smallest absolute Gasteiger partial charge is 0.164 e. The molecule has 2 unspecified atom stereocenters. The van der Waals surface area contributed by atoms with Crippen molar-refractivity contribution < 1.29 is 9.59 Å². The van der Waals surface area contributed by atoms with E-state index in [1.165, 1.54) is 0 Å². The Kier molecular flexibility index (Phi) is 8.78. The van der Waals surface area contributed by atoms with Crippen molar-refractivity contribution in [1.82, 2.24) is 0 Å². The van der Waals surface area contributed by atoms with Gasteiger partial charge in [0.05, 0.1) is 0 Å². The molecule has 0 aliphatic carbocycles. The minimum atomic E-state index is -0.0167. The van der Waals surface area contributed by atoms with Gasteiger partial charge in [0.2, 0.25) is 0 Å². The van der Waals surface area contributed by atoms with Gasteiger partial charge in [0.25, 0.3) is 0 Å². The van der Waals surface area contributed by atoms with Crippen LogP contribution in [-0.2, 0) is 0 Å². The Morgan fingerprint density at radius 2 is 0.765 bits per heavy atom. The van der Waals surface area contributed by atoms with Crippen molar-refractivity contribution in [3.8, 4) is 0 Å². The van der Waals surface area contributed by atoms with Gasteiger partial charge in [-0.25, -0.2) is 0 Å². The van der Waals surface area contributed by atoms with Crippen molar-refractivity contribution >= 4 is 33.2 Å². The molecule has 0 amide bonds. The molecule has 4 aromatic carbocycles. The van der Waals surface area contributed by atoms with Crippen LogP contribution in [0.2, 0.25) is 0 Å². The van der Waals surface area contributed by atoms with E-state index in [-0.39, 0.29) is 22.1 Å². The van der Waals surface area contributed by atoms with Gasteiger partial charge in [0.1, 0.15) is 0 Å². The molecule has 0 bridgehead atoms. The summed E-state index contributed by atoms with van der Waals surface area (Å²) >= 11 is 0. The lowest BCUT2D eigenvalue weighted by Crippen LogP contribution is -2.07. The van der Waals surface area contributed by atoms with E-state index in [9.17, 15) is 9.59 Å². The Bertz CT molecular complexity index is 1080. The Labute approximate surface area is 209 Å². The van der Waals surface area contributed by atoms with Crippen molar-refractivity contribution in [3.05, 3.63) is 144 Å². The van der Waals surface area contributed by atoms with E-state index in [1.54, 1.807) is 21.6 Å². The van der Waals surface area contributed by atoms with E-state index in [4.69, 9.17) is 0 Å². The largest absolute Gasteiger partial charge is 0.294 e. The summed E-state index contributed by atoms with van der Waals surface area (Å²) in [6.45, 7) is 0. The third-order valence-corrected chi connectivity index (χ3v) is 8.74. The molecule has 0 fully saturated rings. The normalized spacial score (nSPS) is 12.6. The molecule has 0 radical (unpaired) electrons.